The van der Waals surface area contributed by atoms with Crippen LogP contribution in [0.1, 0.15) is 5.56 Å². The molecule has 1 aromatic carbocycles. The Labute approximate surface area is 75.2 Å². The molecule has 1 rings (SSSR count). The van der Waals surface area contributed by atoms with Gasteiger partial charge in [0.25, 0.3) is 0 Å². The number of carboxylic acids is 1. The molecule has 0 fully saturated rings. The molecule has 0 amide bonds. The van der Waals surface area contributed by atoms with E-state index in [1.54, 1.807) is 19.1 Å². The van der Waals surface area contributed by atoms with Crippen molar-refractivity contribution in [3.05, 3.63) is 29.6 Å². The van der Waals surface area contributed by atoms with Gasteiger partial charge < -0.3 is 10.4 Å². The minimum absolute atomic E-state index is 0.206. The van der Waals surface area contributed by atoms with Crippen LogP contribution in [0, 0.1) is 12.7 Å². The van der Waals surface area contributed by atoms with E-state index in [0.29, 0.717) is 11.3 Å². The minimum Gasteiger partial charge on any atom is -0.480 e. The van der Waals surface area contributed by atoms with Gasteiger partial charge in [-0.3, -0.25) is 4.79 Å². The van der Waals surface area contributed by atoms with Crippen LogP contribution in [0.5, 0.6) is 0 Å². The van der Waals surface area contributed by atoms with E-state index in [0.717, 1.165) is 0 Å². The lowest BCUT2D eigenvalue weighted by molar-refractivity contribution is -0.134. The Kier molecular flexibility index (Phi) is 2.84. The van der Waals surface area contributed by atoms with Crippen LogP contribution in [0.4, 0.5) is 10.1 Å². The van der Waals surface area contributed by atoms with Gasteiger partial charge in [0.15, 0.2) is 0 Å². The molecule has 0 saturated carbocycles. The number of aryl methyl sites for hydroxylation is 1. The van der Waals surface area contributed by atoms with Crippen molar-refractivity contribution in [3.8, 4) is 0 Å². The number of aliphatic carboxylic acids is 1. The third-order valence-electron chi connectivity index (χ3n) is 1.62. The van der Waals surface area contributed by atoms with E-state index in [1.807, 2.05) is 0 Å². The average Bonchev–Trinajstić information content (AvgIpc) is 2.07. The van der Waals surface area contributed by atoms with Crippen molar-refractivity contribution in [3.63, 3.8) is 0 Å². The van der Waals surface area contributed by atoms with Crippen LogP contribution in [-0.4, -0.2) is 17.6 Å². The van der Waals surface area contributed by atoms with Gasteiger partial charge in [-0.15, -0.1) is 0 Å². The van der Waals surface area contributed by atoms with Crippen molar-refractivity contribution in [2.24, 2.45) is 0 Å². The van der Waals surface area contributed by atoms with Crippen molar-refractivity contribution in [2.45, 2.75) is 6.92 Å². The summed E-state index contributed by atoms with van der Waals surface area (Å²) in [5, 5.41) is 10.9. The molecule has 4 heteroatoms. The van der Waals surface area contributed by atoms with Gasteiger partial charge >= 0.3 is 5.97 Å². The van der Waals surface area contributed by atoms with E-state index >= 15 is 0 Å². The van der Waals surface area contributed by atoms with Crippen LogP contribution in [0.15, 0.2) is 18.2 Å². The fourth-order valence-electron chi connectivity index (χ4n) is 0.880. The number of carboxylic acid groups (broad SMARTS) is 1. The number of rotatable bonds is 3. The molecule has 0 unspecified atom stereocenters. The molecule has 0 spiro atoms. The summed E-state index contributed by atoms with van der Waals surface area (Å²) < 4.78 is 12.9. The second kappa shape index (κ2) is 3.89. The van der Waals surface area contributed by atoms with Gasteiger partial charge in [-0.1, -0.05) is 6.07 Å². The van der Waals surface area contributed by atoms with Gasteiger partial charge in [0, 0.05) is 5.69 Å². The van der Waals surface area contributed by atoms with E-state index in [9.17, 15) is 9.18 Å². The van der Waals surface area contributed by atoms with Crippen LogP contribution in [0.25, 0.3) is 0 Å². The molecule has 0 radical (unpaired) electrons. The maximum absolute atomic E-state index is 12.9. The molecule has 1 aromatic rings. The molecule has 3 nitrogen and oxygen atoms in total. The van der Waals surface area contributed by atoms with Gasteiger partial charge in [-0.25, -0.2) is 4.39 Å². The van der Waals surface area contributed by atoms with Gasteiger partial charge in [-0.05, 0) is 24.6 Å². The first-order valence-electron chi connectivity index (χ1n) is 3.81. The van der Waals surface area contributed by atoms with Crippen LogP contribution in [0.2, 0.25) is 0 Å². The van der Waals surface area contributed by atoms with Gasteiger partial charge in [0.1, 0.15) is 12.4 Å². The van der Waals surface area contributed by atoms with E-state index in [2.05, 4.69) is 5.32 Å². The summed E-state index contributed by atoms with van der Waals surface area (Å²) >= 11 is 0. The molecule has 0 aliphatic heterocycles. The number of hydrogen-bond donors (Lipinski definition) is 2. The first-order valence-corrected chi connectivity index (χ1v) is 3.81. The topological polar surface area (TPSA) is 49.3 Å². The van der Waals surface area contributed by atoms with E-state index in [-0.39, 0.29) is 12.4 Å². The van der Waals surface area contributed by atoms with E-state index in [4.69, 9.17) is 5.11 Å². The summed E-state index contributed by atoms with van der Waals surface area (Å²) in [7, 11) is 0. The van der Waals surface area contributed by atoms with Crippen LogP contribution >= 0.6 is 0 Å². The highest BCUT2D eigenvalue weighted by Crippen LogP contribution is 2.12. The van der Waals surface area contributed by atoms with Crippen molar-refractivity contribution in [1.29, 1.82) is 0 Å². The molecule has 70 valence electrons. The lowest BCUT2D eigenvalue weighted by atomic mass is 10.2. The van der Waals surface area contributed by atoms with Gasteiger partial charge in [-0.2, -0.15) is 0 Å². The normalized spacial score (nSPS) is 9.69. The zero-order valence-corrected chi connectivity index (χ0v) is 7.17. The minimum atomic E-state index is -0.971. The van der Waals surface area contributed by atoms with E-state index in [1.165, 1.54) is 6.07 Å². The summed E-state index contributed by atoms with van der Waals surface area (Å²) in [6, 6.07) is 4.51. The molecular formula is C9H10FNO2. The summed E-state index contributed by atoms with van der Waals surface area (Å²) in [4.78, 5) is 10.2. The number of carbonyl (C=O) groups is 1. The Morgan fingerprint density at radius 1 is 1.62 bits per heavy atom. The summed E-state index contributed by atoms with van der Waals surface area (Å²) in [6.07, 6.45) is 0. The predicted octanol–water partition coefficient (Wildman–Crippen LogP) is 1.63. The first kappa shape index (κ1) is 9.51. The molecule has 0 aliphatic rings. The highest BCUT2D eigenvalue weighted by Gasteiger charge is 2.00. The highest BCUT2D eigenvalue weighted by molar-refractivity contribution is 5.72. The molecule has 0 saturated heterocycles. The van der Waals surface area contributed by atoms with Crippen molar-refractivity contribution in [1.82, 2.24) is 0 Å². The standard InChI is InChI=1S/C9H10FNO2/c1-6-2-3-7(4-8(6)10)11-5-9(12)13/h2-4,11H,5H2,1H3,(H,12,13). The maximum atomic E-state index is 12.9. The lowest BCUT2D eigenvalue weighted by Crippen LogP contribution is -2.12. The third-order valence-corrected chi connectivity index (χ3v) is 1.62. The monoisotopic (exact) mass is 183 g/mol. The Morgan fingerprint density at radius 2 is 2.31 bits per heavy atom. The summed E-state index contributed by atoms with van der Waals surface area (Å²) in [5.74, 6) is -1.31. The summed E-state index contributed by atoms with van der Waals surface area (Å²) in [6.45, 7) is 1.44. The van der Waals surface area contributed by atoms with Crippen molar-refractivity contribution >= 4 is 11.7 Å². The SMILES string of the molecule is Cc1ccc(NCC(=O)O)cc1F. The molecule has 0 aromatic heterocycles. The third kappa shape index (κ3) is 2.74. The lowest BCUT2D eigenvalue weighted by Gasteiger charge is -2.03. The summed E-state index contributed by atoms with van der Waals surface area (Å²) in [5.41, 5.74) is 1.02. The fourth-order valence-corrected chi connectivity index (χ4v) is 0.880. The van der Waals surface area contributed by atoms with Crippen LogP contribution in [0.3, 0.4) is 0 Å². The highest BCUT2D eigenvalue weighted by atomic mass is 19.1. The Bertz CT molecular complexity index is 325. The number of anilines is 1. The molecule has 0 heterocycles. The Morgan fingerprint density at radius 3 is 2.85 bits per heavy atom. The molecule has 0 aliphatic carbocycles. The molecule has 13 heavy (non-hydrogen) atoms. The quantitative estimate of drug-likeness (QED) is 0.748. The number of nitrogens with one attached hydrogen (secondary N) is 1. The zero-order valence-electron chi connectivity index (χ0n) is 7.17. The number of halogens is 1. The largest absolute Gasteiger partial charge is 0.480 e. The Balaban J connectivity index is 2.68. The molecule has 2 N–H and O–H groups in total. The number of benzene rings is 1. The second-order valence-electron chi connectivity index (χ2n) is 2.71. The number of hydrogen-bond acceptors (Lipinski definition) is 2. The first-order chi connectivity index (χ1) is 6.09. The van der Waals surface area contributed by atoms with Gasteiger partial charge in [0.2, 0.25) is 0 Å². The van der Waals surface area contributed by atoms with Crippen molar-refractivity contribution in [2.75, 3.05) is 11.9 Å². The molecular weight excluding hydrogens is 173 g/mol. The maximum Gasteiger partial charge on any atom is 0.322 e. The predicted molar refractivity (Wildman–Crippen MR) is 47.3 cm³/mol. The van der Waals surface area contributed by atoms with Crippen LogP contribution < -0.4 is 5.32 Å². The zero-order chi connectivity index (χ0) is 9.84. The fraction of sp³-hybridized carbons (Fsp3) is 0.222. The second-order valence-corrected chi connectivity index (χ2v) is 2.71. The van der Waals surface area contributed by atoms with E-state index < -0.39 is 5.97 Å². The Hall–Kier alpha value is -1.58. The average molecular weight is 183 g/mol. The molecule has 0 atom stereocenters. The molecule has 0 bridgehead atoms. The smallest absolute Gasteiger partial charge is 0.322 e. The van der Waals surface area contributed by atoms with Crippen molar-refractivity contribution < 1.29 is 14.3 Å². The van der Waals surface area contributed by atoms with Crippen LogP contribution in [-0.2, 0) is 4.79 Å². The van der Waals surface area contributed by atoms with Gasteiger partial charge in [0.05, 0.1) is 0 Å².